The molecule has 1 aliphatic rings. The summed E-state index contributed by atoms with van der Waals surface area (Å²) in [6, 6.07) is 15.6. The highest BCUT2D eigenvalue weighted by atomic mass is 16.5. The Morgan fingerprint density at radius 1 is 0.972 bits per heavy atom. The van der Waals surface area contributed by atoms with Crippen LogP contribution in [0, 0.1) is 0 Å². The number of benzene rings is 1. The number of aromatic nitrogens is 6. The van der Waals surface area contributed by atoms with Crippen molar-refractivity contribution in [3.8, 4) is 22.5 Å². The minimum Gasteiger partial charge on any atom is -0.378 e. The molecule has 5 heterocycles. The average molecular weight is 481 g/mol. The Hall–Kier alpha value is -4.57. The zero-order valence-electron chi connectivity index (χ0n) is 19.4. The predicted octanol–water partition coefficient (Wildman–Crippen LogP) is 3.43. The maximum absolute atomic E-state index is 12.6. The summed E-state index contributed by atoms with van der Waals surface area (Å²) in [4.78, 5) is 31.2. The molecule has 0 aliphatic carbocycles. The van der Waals surface area contributed by atoms with Crippen LogP contribution in [0.2, 0.25) is 0 Å². The molecule has 6 rings (SSSR count). The van der Waals surface area contributed by atoms with Gasteiger partial charge in [0.2, 0.25) is 5.91 Å². The van der Waals surface area contributed by atoms with Gasteiger partial charge >= 0.3 is 0 Å². The summed E-state index contributed by atoms with van der Waals surface area (Å²) in [7, 11) is 0. The number of anilines is 2. The van der Waals surface area contributed by atoms with E-state index >= 15 is 0 Å². The molecule has 1 aromatic carbocycles. The molecule has 1 amide bonds. The summed E-state index contributed by atoms with van der Waals surface area (Å²) >= 11 is 0. The molecule has 10 nitrogen and oxygen atoms in total. The zero-order chi connectivity index (χ0) is 24.3. The van der Waals surface area contributed by atoms with E-state index in [1.165, 1.54) is 0 Å². The number of carbonyl (C=O) groups excluding carboxylic acids is 1. The van der Waals surface area contributed by atoms with Crippen LogP contribution in [0.3, 0.4) is 0 Å². The number of carbonyl (C=O) groups is 1. The molecular weight excluding hydrogens is 456 g/mol. The van der Waals surface area contributed by atoms with Gasteiger partial charge in [0.15, 0.2) is 5.82 Å². The van der Waals surface area contributed by atoms with Gasteiger partial charge in [0, 0.05) is 42.8 Å². The van der Waals surface area contributed by atoms with Gasteiger partial charge in [-0.2, -0.15) is 5.10 Å². The molecule has 0 saturated carbocycles. The lowest BCUT2D eigenvalue weighted by atomic mass is 10.1. The summed E-state index contributed by atoms with van der Waals surface area (Å²) in [5.74, 6) is 1.27. The number of amides is 1. The number of fused-ring (bicyclic) bond motifs is 1. The van der Waals surface area contributed by atoms with Crippen molar-refractivity contribution in [2.24, 2.45) is 0 Å². The third-order valence-corrected chi connectivity index (χ3v) is 6.18. The van der Waals surface area contributed by atoms with Crippen molar-refractivity contribution in [2.45, 2.75) is 6.42 Å². The van der Waals surface area contributed by atoms with Crippen molar-refractivity contribution in [2.75, 3.05) is 36.5 Å². The normalized spacial score (nSPS) is 13.7. The van der Waals surface area contributed by atoms with Crippen molar-refractivity contribution in [3.63, 3.8) is 0 Å². The Morgan fingerprint density at radius 3 is 2.56 bits per heavy atom. The van der Waals surface area contributed by atoms with Gasteiger partial charge < -0.3 is 19.9 Å². The van der Waals surface area contributed by atoms with Gasteiger partial charge in [-0.25, -0.2) is 9.97 Å². The fourth-order valence-electron chi connectivity index (χ4n) is 4.35. The van der Waals surface area contributed by atoms with Crippen LogP contribution >= 0.6 is 0 Å². The van der Waals surface area contributed by atoms with Crippen LogP contribution in [0.5, 0.6) is 0 Å². The fourth-order valence-corrected chi connectivity index (χ4v) is 4.35. The number of ether oxygens (including phenoxy) is 1. The standard InChI is InChI=1S/C26H24N8O2/c35-24(31-23-15-22(32-33-23)19-5-7-27-8-6-19)13-17-1-3-18(4-2-17)21-14-20-25(30-21)28-16-29-26(20)34-9-11-36-12-10-34/h1-8,14-16H,9-13H2,(H,28,29,30)(H2,31,32,33,35). The van der Waals surface area contributed by atoms with Crippen molar-refractivity contribution >= 4 is 28.6 Å². The summed E-state index contributed by atoms with van der Waals surface area (Å²) in [6.07, 6.45) is 5.26. The van der Waals surface area contributed by atoms with E-state index in [4.69, 9.17) is 4.74 Å². The molecular formula is C26H24N8O2. The maximum atomic E-state index is 12.6. The van der Waals surface area contributed by atoms with Crippen LogP contribution in [-0.4, -0.2) is 62.3 Å². The number of H-pyrrole nitrogens is 2. The van der Waals surface area contributed by atoms with Crippen LogP contribution in [0.4, 0.5) is 11.6 Å². The minimum atomic E-state index is -0.133. The average Bonchev–Trinajstić information content (AvgIpc) is 3.57. The number of rotatable bonds is 6. The van der Waals surface area contributed by atoms with E-state index < -0.39 is 0 Å². The van der Waals surface area contributed by atoms with Crippen LogP contribution in [-0.2, 0) is 16.0 Å². The molecule has 0 unspecified atom stereocenters. The summed E-state index contributed by atoms with van der Waals surface area (Å²) in [5.41, 5.74) is 5.45. The third kappa shape index (κ3) is 4.53. The monoisotopic (exact) mass is 480 g/mol. The first-order valence-corrected chi connectivity index (χ1v) is 11.7. The Morgan fingerprint density at radius 2 is 1.75 bits per heavy atom. The second kappa shape index (κ2) is 9.59. The highest BCUT2D eigenvalue weighted by Crippen LogP contribution is 2.29. The molecule has 10 heteroatoms. The molecule has 1 fully saturated rings. The predicted molar refractivity (Wildman–Crippen MR) is 137 cm³/mol. The molecule has 36 heavy (non-hydrogen) atoms. The topological polar surface area (TPSA) is 125 Å². The smallest absolute Gasteiger partial charge is 0.229 e. The van der Waals surface area contributed by atoms with E-state index in [9.17, 15) is 4.79 Å². The molecule has 180 valence electrons. The molecule has 4 aromatic heterocycles. The first kappa shape index (κ1) is 21.9. The third-order valence-electron chi connectivity index (χ3n) is 6.18. The lowest BCUT2D eigenvalue weighted by Crippen LogP contribution is -2.36. The summed E-state index contributed by atoms with van der Waals surface area (Å²) in [5, 5.41) is 11.0. The SMILES string of the molecule is O=C(Cc1ccc(-c2cc3c(N4CCOCC4)ncnc3[nH]2)cc1)Nc1cc(-c2ccncc2)[nH]n1. The van der Waals surface area contributed by atoms with E-state index in [0.29, 0.717) is 19.0 Å². The van der Waals surface area contributed by atoms with E-state index in [1.807, 2.05) is 36.4 Å². The van der Waals surface area contributed by atoms with Gasteiger partial charge in [-0.1, -0.05) is 24.3 Å². The van der Waals surface area contributed by atoms with Gasteiger partial charge in [-0.05, 0) is 29.3 Å². The molecule has 0 atom stereocenters. The molecule has 0 radical (unpaired) electrons. The molecule has 1 saturated heterocycles. The number of nitrogens with one attached hydrogen (secondary N) is 3. The van der Waals surface area contributed by atoms with Crippen LogP contribution < -0.4 is 10.2 Å². The molecule has 0 spiro atoms. The van der Waals surface area contributed by atoms with Gasteiger partial charge in [0.05, 0.1) is 30.7 Å². The number of aromatic amines is 2. The number of pyridine rings is 1. The quantitative estimate of drug-likeness (QED) is 0.340. The Labute approximate surface area is 206 Å². The number of nitrogens with zero attached hydrogens (tertiary/aromatic N) is 5. The first-order chi connectivity index (χ1) is 17.7. The van der Waals surface area contributed by atoms with Crippen LogP contribution in [0.25, 0.3) is 33.5 Å². The molecule has 5 aromatic rings. The second-order valence-electron chi connectivity index (χ2n) is 8.57. The van der Waals surface area contributed by atoms with Crippen molar-refractivity contribution in [1.82, 2.24) is 30.1 Å². The molecule has 3 N–H and O–H groups in total. The fraction of sp³-hybridized carbons (Fsp3) is 0.192. The highest BCUT2D eigenvalue weighted by molar-refractivity contribution is 5.93. The summed E-state index contributed by atoms with van der Waals surface area (Å²) in [6.45, 7) is 3.02. The van der Waals surface area contributed by atoms with Gasteiger partial charge in [-0.15, -0.1) is 0 Å². The van der Waals surface area contributed by atoms with E-state index in [1.54, 1.807) is 24.8 Å². The van der Waals surface area contributed by atoms with E-state index in [0.717, 1.165) is 58.0 Å². The number of hydrogen-bond donors (Lipinski definition) is 3. The Balaban J connectivity index is 1.14. The Kier molecular flexibility index (Phi) is 5.84. The zero-order valence-corrected chi connectivity index (χ0v) is 19.4. The molecule has 1 aliphatic heterocycles. The summed E-state index contributed by atoms with van der Waals surface area (Å²) < 4.78 is 5.47. The van der Waals surface area contributed by atoms with Crippen LogP contribution in [0.1, 0.15) is 5.56 Å². The minimum absolute atomic E-state index is 0.133. The van der Waals surface area contributed by atoms with Crippen molar-refractivity contribution in [3.05, 3.63) is 72.8 Å². The number of hydrogen-bond acceptors (Lipinski definition) is 7. The largest absolute Gasteiger partial charge is 0.378 e. The van der Waals surface area contributed by atoms with Crippen molar-refractivity contribution < 1.29 is 9.53 Å². The highest BCUT2D eigenvalue weighted by Gasteiger charge is 2.17. The van der Waals surface area contributed by atoms with Gasteiger partial charge in [0.25, 0.3) is 0 Å². The molecule has 0 bridgehead atoms. The Bertz CT molecular complexity index is 1490. The first-order valence-electron chi connectivity index (χ1n) is 11.7. The van der Waals surface area contributed by atoms with Gasteiger partial charge in [0.1, 0.15) is 17.8 Å². The van der Waals surface area contributed by atoms with Crippen molar-refractivity contribution in [1.29, 1.82) is 0 Å². The van der Waals surface area contributed by atoms with Crippen LogP contribution in [0.15, 0.2) is 67.3 Å². The van der Waals surface area contributed by atoms with Gasteiger partial charge in [-0.3, -0.25) is 14.9 Å². The van der Waals surface area contributed by atoms with E-state index in [2.05, 4.69) is 46.4 Å². The lowest BCUT2D eigenvalue weighted by molar-refractivity contribution is -0.115. The maximum Gasteiger partial charge on any atom is 0.229 e. The van der Waals surface area contributed by atoms with E-state index in [-0.39, 0.29) is 12.3 Å². The second-order valence-corrected chi connectivity index (χ2v) is 8.57. The lowest BCUT2D eigenvalue weighted by Gasteiger charge is -2.27. The number of morpholine rings is 1.